The third-order valence-corrected chi connectivity index (χ3v) is 3.31. The van der Waals surface area contributed by atoms with Crippen molar-refractivity contribution in [3.63, 3.8) is 0 Å². The molecule has 18 heavy (non-hydrogen) atoms. The van der Waals surface area contributed by atoms with Crippen molar-refractivity contribution in [3.8, 4) is 0 Å². The molecule has 0 saturated heterocycles. The maximum atomic E-state index is 11.4. The van der Waals surface area contributed by atoms with Crippen molar-refractivity contribution in [2.75, 3.05) is 31.2 Å². The van der Waals surface area contributed by atoms with E-state index in [-0.39, 0.29) is 5.91 Å². The Labute approximate surface area is 112 Å². The Balaban J connectivity index is 2.40. The van der Waals surface area contributed by atoms with Crippen LogP contribution in [0.4, 0.5) is 5.13 Å². The lowest BCUT2D eigenvalue weighted by Crippen LogP contribution is -2.27. The lowest BCUT2D eigenvalue weighted by Gasteiger charge is -2.14. The molecule has 6 heteroatoms. The minimum absolute atomic E-state index is 0.0303. The summed E-state index contributed by atoms with van der Waals surface area (Å²) < 4.78 is 5.23. The van der Waals surface area contributed by atoms with Crippen molar-refractivity contribution >= 4 is 22.4 Å². The Kier molecular flexibility index (Phi) is 6.85. The fourth-order valence-electron chi connectivity index (χ4n) is 1.50. The summed E-state index contributed by atoms with van der Waals surface area (Å²) in [6, 6.07) is 0. The van der Waals surface area contributed by atoms with Crippen LogP contribution in [0.25, 0.3) is 0 Å². The van der Waals surface area contributed by atoms with Gasteiger partial charge in [-0.15, -0.1) is 11.3 Å². The van der Waals surface area contributed by atoms with Crippen LogP contribution in [0.2, 0.25) is 0 Å². The molecule has 1 aromatic heterocycles. The Hall–Kier alpha value is -0.980. The smallest absolute Gasteiger partial charge is 0.225 e. The Bertz CT molecular complexity index is 368. The normalized spacial score (nSPS) is 10.6. The molecule has 102 valence electrons. The van der Waals surface area contributed by atoms with E-state index in [4.69, 9.17) is 4.74 Å². The van der Waals surface area contributed by atoms with Gasteiger partial charge < -0.3 is 10.1 Å². The van der Waals surface area contributed by atoms with Crippen LogP contribution in [-0.4, -0.2) is 37.2 Å². The van der Waals surface area contributed by atoms with E-state index in [1.54, 1.807) is 11.8 Å². The number of hydrogen-bond acceptors (Lipinski definition) is 5. The first kappa shape index (κ1) is 15.1. The van der Waals surface area contributed by atoms with Gasteiger partial charge in [0, 0.05) is 38.5 Å². The third-order valence-electron chi connectivity index (χ3n) is 2.40. The summed E-state index contributed by atoms with van der Waals surface area (Å²) in [5, 5.41) is 6.00. The van der Waals surface area contributed by atoms with Crippen LogP contribution in [0.1, 0.15) is 26.5 Å². The van der Waals surface area contributed by atoms with Gasteiger partial charge in [-0.25, -0.2) is 4.98 Å². The van der Waals surface area contributed by atoms with Crippen LogP contribution < -0.4 is 10.2 Å². The van der Waals surface area contributed by atoms with E-state index in [1.807, 2.05) is 19.2 Å². The molecule has 0 unspecified atom stereocenters. The molecule has 5 nitrogen and oxygen atoms in total. The van der Waals surface area contributed by atoms with Crippen molar-refractivity contribution in [1.29, 1.82) is 0 Å². The molecule has 0 radical (unpaired) electrons. The van der Waals surface area contributed by atoms with Gasteiger partial charge in [0.1, 0.15) is 0 Å². The van der Waals surface area contributed by atoms with Crippen LogP contribution in [-0.2, 0) is 16.1 Å². The Morgan fingerprint density at radius 3 is 2.94 bits per heavy atom. The second kappa shape index (κ2) is 8.18. The molecule has 0 fully saturated rings. The van der Waals surface area contributed by atoms with E-state index in [9.17, 15) is 4.79 Å². The van der Waals surface area contributed by atoms with E-state index in [2.05, 4.69) is 10.3 Å². The monoisotopic (exact) mass is 271 g/mol. The number of carbonyl (C=O) groups is 1. The minimum atomic E-state index is 0.0303. The second-order valence-electron chi connectivity index (χ2n) is 3.76. The van der Waals surface area contributed by atoms with Gasteiger partial charge in [-0.05, 0) is 13.8 Å². The fraction of sp³-hybridized carbons (Fsp3) is 0.667. The van der Waals surface area contributed by atoms with E-state index >= 15 is 0 Å². The average Bonchev–Trinajstić information content (AvgIpc) is 2.78. The highest BCUT2D eigenvalue weighted by Crippen LogP contribution is 2.20. The van der Waals surface area contributed by atoms with Gasteiger partial charge in [0.05, 0.1) is 12.3 Å². The molecule has 1 N–H and O–H groups in total. The zero-order chi connectivity index (χ0) is 13.4. The number of carbonyl (C=O) groups excluding carboxylic acids is 1. The molecule has 1 aromatic rings. The molecule has 0 saturated carbocycles. The van der Waals surface area contributed by atoms with E-state index in [0.29, 0.717) is 19.7 Å². The summed E-state index contributed by atoms with van der Waals surface area (Å²) in [5.41, 5.74) is 0.964. The summed E-state index contributed by atoms with van der Waals surface area (Å²) in [6.45, 7) is 9.11. The number of amides is 1. The van der Waals surface area contributed by atoms with Crippen molar-refractivity contribution < 1.29 is 9.53 Å². The molecule has 1 heterocycles. The van der Waals surface area contributed by atoms with Crippen LogP contribution in [0.15, 0.2) is 5.38 Å². The highest BCUT2D eigenvalue weighted by Gasteiger charge is 2.12. The maximum Gasteiger partial charge on any atom is 0.225 e. The van der Waals surface area contributed by atoms with E-state index < -0.39 is 0 Å². The molecule has 0 aliphatic rings. The summed E-state index contributed by atoms with van der Waals surface area (Å²) in [5.74, 6) is 0.0303. The maximum absolute atomic E-state index is 11.4. The molecule has 0 aliphatic heterocycles. The summed E-state index contributed by atoms with van der Waals surface area (Å²) in [4.78, 5) is 17.5. The standard InChI is InChI=1S/C12H21N3O2S/c1-4-15(10(3)16)12-14-11(9-18-12)8-13-6-7-17-5-2/h9,13H,4-8H2,1-3H3. The van der Waals surface area contributed by atoms with Gasteiger partial charge in [0.25, 0.3) is 0 Å². The van der Waals surface area contributed by atoms with Crippen molar-refractivity contribution in [1.82, 2.24) is 10.3 Å². The highest BCUT2D eigenvalue weighted by atomic mass is 32.1. The predicted octanol–water partition coefficient (Wildman–Crippen LogP) is 1.64. The molecule has 0 aromatic carbocycles. The van der Waals surface area contributed by atoms with Crippen molar-refractivity contribution in [2.24, 2.45) is 0 Å². The van der Waals surface area contributed by atoms with E-state index in [0.717, 1.165) is 24.0 Å². The molecule has 0 bridgehead atoms. The molecule has 1 amide bonds. The van der Waals surface area contributed by atoms with Crippen molar-refractivity contribution in [2.45, 2.75) is 27.3 Å². The highest BCUT2D eigenvalue weighted by molar-refractivity contribution is 7.14. The number of aromatic nitrogens is 1. The SMILES string of the molecule is CCOCCNCc1csc(N(CC)C(C)=O)n1. The van der Waals surface area contributed by atoms with Crippen LogP contribution in [0.3, 0.4) is 0 Å². The molecule has 0 spiro atoms. The first-order valence-electron chi connectivity index (χ1n) is 6.20. The van der Waals surface area contributed by atoms with Gasteiger partial charge in [-0.1, -0.05) is 0 Å². The van der Waals surface area contributed by atoms with Gasteiger partial charge >= 0.3 is 0 Å². The first-order valence-corrected chi connectivity index (χ1v) is 7.08. The largest absolute Gasteiger partial charge is 0.380 e. The lowest BCUT2D eigenvalue weighted by molar-refractivity contribution is -0.116. The summed E-state index contributed by atoms with van der Waals surface area (Å²) in [6.07, 6.45) is 0. The molecule has 0 atom stereocenters. The van der Waals surface area contributed by atoms with Crippen LogP contribution >= 0.6 is 11.3 Å². The molecule has 0 aliphatic carbocycles. The lowest BCUT2D eigenvalue weighted by atomic mass is 10.5. The Morgan fingerprint density at radius 2 is 2.33 bits per heavy atom. The predicted molar refractivity (Wildman–Crippen MR) is 74.0 cm³/mol. The van der Waals surface area contributed by atoms with E-state index in [1.165, 1.54) is 11.3 Å². The molecule has 1 rings (SSSR count). The Morgan fingerprint density at radius 1 is 1.56 bits per heavy atom. The topological polar surface area (TPSA) is 54.5 Å². The third kappa shape index (κ3) is 4.72. The second-order valence-corrected chi connectivity index (χ2v) is 4.59. The zero-order valence-corrected chi connectivity index (χ0v) is 12.0. The van der Waals surface area contributed by atoms with Gasteiger partial charge in [0.2, 0.25) is 5.91 Å². The van der Waals surface area contributed by atoms with Gasteiger partial charge in [-0.3, -0.25) is 9.69 Å². The van der Waals surface area contributed by atoms with Gasteiger partial charge in [-0.2, -0.15) is 0 Å². The number of nitrogens with one attached hydrogen (secondary N) is 1. The van der Waals surface area contributed by atoms with Crippen LogP contribution in [0.5, 0.6) is 0 Å². The summed E-state index contributed by atoms with van der Waals surface area (Å²) >= 11 is 1.50. The number of hydrogen-bond donors (Lipinski definition) is 1. The number of ether oxygens (including phenoxy) is 1. The average molecular weight is 271 g/mol. The molecular weight excluding hydrogens is 250 g/mol. The van der Waals surface area contributed by atoms with Crippen LogP contribution in [0, 0.1) is 0 Å². The van der Waals surface area contributed by atoms with Crippen molar-refractivity contribution in [3.05, 3.63) is 11.1 Å². The minimum Gasteiger partial charge on any atom is -0.380 e. The fourth-order valence-corrected chi connectivity index (χ4v) is 2.43. The first-order chi connectivity index (χ1) is 8.69. The zero-order valence-electron chi connectivity index (χ0n) is 11.2. The van der Waals surface area contributed by atoms with Gasteiger partial charge in [0.15, 0.2) is 5.13 Å². The number of nitrogens with zero attached hydrogens (tertiary/aromatic N) is 2. The quantitative estimate of drug-likeness (QED) is 0.730. The number of thiazole rings is 1. The number of rotatable bonds is 8. The number of anilines is 1. The molecular formula is C12H21N3O2S. The summed E-state index contributed by atoms with van der Waals surface area (Å²) in [7, 11) is 0.